The average Bonchev–Trinajstić information content (AvgIpc) is 3.08. The normalized spacial score (nSPS) is 23.2. The number of amides is 4. The van der Waals surface area contributed by atoms with Crippen molar-refractivity contribution in [3.05, 3.63) is 34.9 Å². The Kier molecular flexibility index (Phi) is 7.90. The summed E-state index contributed by atoms with van der Waals surface area (Å²) in [6.07, 6.45) is 3.18. The number of carbonyl (C=O) groups is 4. The second-order valence-corrected chi connectivity index (χ2v) is 11.6. The second kappa shape index (κ2) is 10.8. The van der Waals surface area contributed by atoms with E-state index in [1.165, 1.54) is 15.4 Å². The predicted molar refractivity (Wildman–Crippen MR) is 134 cm³/mol. The molecule has 2 unspecified atom stereocenters. The number of halogens is 1. The molecule has 0 aliphatic carbocycles. The van der Waals surface area contributed by atoms with Crippen LogP contribution in [0.4, 0.5) is 9.59 Å². The molecule has 0 radical (unpaired) electrons. The fraction of sp³-hybridized carbons (Fsp3) is 0.615. The van der Waals surface area contributed by atoms with Crippen molar-refractivity contribution in [1.82, 2.24) is 20.2 Å². The maximum atomic E-state index is 13.1. The van der Waals surface area contributed by atoms with Crippen LogP contribution in [-0.4, -0.2) is 76.9 Å². The van der Waals surface area contributed by atoms with Crippen LogP contribution in [0, 0.1) is 11.3 Å². The van der Waals surface area contributed by atoms with Crippen LogP contribution in [0.25, 0.3) is 0 Å². The number of piperidine rings is 1. The van der Waals surface area contributed by atoms with Gasteiger partial charge in [0.1, 0.15) is 12.1 Å². The van der Waals surface area contributed by atoms with Gasteiger partial charge in [-0.25, -0.2) is 9.59 Å². The number of imide groups is 1. The molecule has 0 spiro atoms. The highest BCUT2D eigenvalue weighted by Crippen LogP contribution is 2.29. The molecule has 4 amide bonds. The van der Waals surface area contributed by atoms with E-state index < -0.39 is 30.1 Å². The van der Waals surface area contributed by atoms with Crippen molar-refractivity contribution in [2.75, 3.05) is 26.2 Å². The lowest BCUT2D eigenvalue weighted by molar-refractivity contribution is -0.152. The summed E-state index contributed by atoms with van der Waals surface area (Å²) in [5, 5.41) is 4.34. The van der Waals surface area contributed by atoms with Gasteiger partial charge in [0.15, 0.2) is 5.78 Å². The molecule has 3 aliphatic rings. The summed E-state index contributed by atoms with van der Waals surface area (Å²) in [6, 6.07) is 5.48. The van der Waals surface area contributed by atoms with Gasteiger partial charge in [0.05, 0.1) is 0 Å². The monoisotopic (exact) mass is 518 g/mol. The van der Waals surface area contributed by atoms with Crippen LogP contribution in [0.15, 0.2) is 24.3 Å². The Labute approximate surface area is 217 Å². The van der Waals surface area contributed by atoms with Crippen molar-refractivity contribution >= 4 is 35.4 Å². The number of rotatable bonds is 6. The number of hydrogen-bond donors (Lipinski definition) is 1. The minimum Gasteiger partial charge on any atom is -0.312 e. The molecular weight excluding hydrogens is 484 g/mol. The minimum absolute atomic E-state index is 0.116. The smallest absolute Gasteiger partial charge is 0.312 e. The van der Waals surface area contributed by atoms with Gasteiger partial charge < -0.3 is 15.1 Å². The number of ketones is 1. The summed E-state index contributed by atoms with van der Waals surface area (Å²) in [7, 11) is 0. The van der Waals surface area contributed by atoms with Crippen molar-refractivity contribution in [3.8, 4) is 0 Å². The van der Waals surface area contributed by atoms with Crippen LogP contribution in [0.3, 0.4) is 0 Å². The van der Waals surface area contributed by atoms with Gasteiger partial charge in [0.25, 0.3) is 5.91 Å². The highest BCUT2D eigenvalue weighted by atomic mass is 35.5. The van der Waals surface area contributed by atoms with Crippen molar-refractivity contribution in [3.63, 3.8) is 0 Å². The molecule has 3 saturated heterocycles. The molecule has 196 valence electrons. The quantitative estimate of drug-likeness (QED) is 0.577. The molecule has 0 bridgehead atoms. The highest BCUT2D eigenvalue weighted by molar-refractivity contribution is 6.30. The molecule has 0 aromatic heterocycles. The first-order chi connectivity index (χ1) is 17.0. The zero-order valence-electron chi connectivity index (χ0n) is 21.2. The van der Waals surface area contributed by atoms with E-state index in [4.69, 9.17) is 16.4 Å². The first kappa shape index (κ1) is 26.4. The topological polar surface area (TPSA) is 99.3 Å². The van der Waals surface area contributed by atoms with E-state index in [0.717, 1.165) is 30.7 Å². The number of fused-ring (bicyclic) bond motifs is 1. The number of piperazine rings is 1. The predicted octanol–water partition coefficient (Wildman–Crippen LogP) is 3.65. The SMILES string of the molecule is CC(C)(C)CC(=O)C1CNCC2C(=O)N(OC(=O)N3CCC(CCc4ccc(Cl)cc4)CC3)C(=O)N12. The molecule has 3 aliphatic heterocycles. The molecule has 1 aromatic carbocycles. The molecule has 2 atom stereocenters. The van der Waals surface area contributed by atoms with E-state index in [1.54, 1.807) is 0 Å². The number of hydroxylamine groups is 2. The molecule has 3 fully saturated rings. The second-order valence-electron chi connectivity index (χ2n) is 11.2. The Hall–Kier alpha value is -2.65. The third-order valence-corrected chi connectivity index (χ3v) is 7.35. The van der Waals surface area contributed by atoms with Gasteiger partial charge >= 0.3 is 12.1 Å². The van der Waals surface area contributed by atoms with Gasteiger partial charge in [0, 0.05) is 37.6 Å². The first-order valence-corrected chi connectivity index (χ1v) is 13.0. The van der Waals surface area contributed by atoms with Crippen LogP contribution < -0.4 is 5.32 Å². The number of hydrogen-bond acceptors (Lipinski definition) is 6. The van der Waals surface area contributed by atoms with Crippen molar-refractivity contribution in [2.45, 2.75) is 65.0 Å². The molecule has 36 heavy (non-hydrogen) atoms. The number of urea groups is 1. The third kappa shape index (κ3) is 6.00. The molecular formula is C26H35ClN4O5. The van der Waals surface area contributed by atoms with Crippen LogP contribution in [0.1, 0.15) is 52.0 Å². The summed E-state index contributed by atoms with van der Waals surface area (Å²) in [4.78, 5) is 59.8. The number of nitrogens with zero attached hydrogens (tertiary/aromatic N) is 3. The van der Waals surface area contributed by atoms with E-state index in [0.29, 0.717) is 24.1 Å². The largest absolute Gasteiger partial charge is 0.434 e. The summed E-state index contributed by atoms with van der Waals surface area (Å²) in [5.74, 6) is -0.254. The first-order valence-electron chi connectivity index (χ1n) is 12.6. The lowest BCUT2D eigenvalue weighted by Gasteiger charge is -2.35. The highest BCUT2D eigenvalue weighted by Gasteiger charge is 2.54. The number of likely N-dealkylation sites (tertiary alicyclic amines) is 1. The molecule has 4 rings (SSSR count). The van der Waals surface area contributed by atoms with Crippen LogP contribution in [-0.2, 0) is 20.8 Å². The molecule has 1 aromatic rings. The zero-order valence-corrected chi connectivity index (χ0v) is 21.9. The van der Waals surface area contributed by atoms with E-state index in [9.17, 15) is 19.2 Å². The number of aryl methyl sites for hydroxylation is 1. The maximum Gasteiger partial charge on any atom is 0.434 e. The Morgan fingerprint density at radius 1 is 1.08 bits per heavy atom. The van der Waals surface area contributed by atoms with Gasteiger partial charge in [-0.15, -0.1) is 0 Å². The fourth-order valence-corrected chi connectivity index (χ4v) is 5.26. The zero-order chi connectivity index (χ0) is 26.0. The van der Waals surface area contributed by atoms with Gasteiger partial charge in [-0.1, -0.05) is 49.6 Å². The Bertz CT molecular complexity index is 1000. The fourth-order valence-electron chi connectivity index (χ4n) is 5.13. The van der Waals surface area contributed by atoms with Gasteiger partial charge in [-0.05, 0) is 54.7 Å². The molecule has 9 nitrogen and oxygen atoms in total. The van der Waals surface area contributed by atoms with Gasteiger partial charge in [-0.2, -0.15) is 0 Å². The lowest BCUT2D eigenvalue weighted by Crippen LogP contribution is -2.60. The number of nitrogens with one attached hydrogen (secondary N) is 1. The van der Waals surface area contributed by atoms with E-state index in [1.807, 2.05) is 45.0 Å². The van der Waals surface area contributed by atoms with Crippen molar-refractivity contribution in [1.29, 1.82) is 0 Å². The van der Waals surface area contributed by atoms with Crippen LogP contribution >= 0.6 is 11.6 Å². The van der Waals surface area contributed by atoms with E-state index in [2.05, 4.69) is 5.32 Å². The number of carbonyl (C=O) groups excluding carboxylic acids is 4. The summed E-state index contributed by atoms with van der Waals surface area (Å²) in [6.45, 7) is 7.34. The van der Waals surface area contributed by atoms with E-state index >= 15 is 0 Å². The Morgan fingerprint density at radius 3 is 2.39 bits per heavy atom. The summed E-state index contributed by atoms with van der Waals surface area (Å²) >= 11 is 5.95. The van der Waals surface area contributed by atoms with Crippen molar-refractivity contribution in [2.24, 2.45) is 11.3 Å². The number of benzene rings is 1. The minimum atomic E-state index is -0.855. The van der Waals surface area contributed by atoms with Gasteiger partial charge in [0.2, 0.25) is 0 Å². The van der Waals surface area contributed by atoms with E-state index in [-0.39, 0.29) is 30.7 Å². The number of Topliss-reactive ketones (excluding diaryl/α,β-unsaturated/α-hetero) is 1. The summed E-state index contributed by atoms with van der Waals surface area (Å²) in [5.41, 5.74) is 0.988. The molecule has 10 heteroatoms. The van der Waals surface area contributed by atoms with Crippen LogP contribution in [0.2, 0.25) is 5.02 Å². The molecule has 3 heterocycles. The van der Waals surface area contributed by atoms with Crippen molar-refractivity contribution < 1.29 is 24.0 Å². The van der Waals surface area contributed by atoms with Gasteiger partial charge in [-0.3, -0.25) is 14.5 Å². The molecule has 1 N–H and O–H groups in total. The standard InChI is InChI=1S/C26H35ClN4O5/c1-26(2,3)14-22(32)20-15-28-16-21-23(33)31(24(34)30(20)21)36-25(35)29-12-10-18(11-13-29)5-4-17-6-8-19(27)9-7-17/h6-9,18,20-21,28H,4-5,10-16H2,1-3H3. The Balaban J connectivity index is 1.30. The van der Waals surface area contributed by atoms with Crippen LogP contribution in [0.5, 0.6) is 0 Å². The maximum absolute atomic E-state index is 13.1. The Morgan fingerprint density at radius 2 is 1.75 bits per heavy atom. The average molecular weight is 519 g/mol. The molecule has 0 saturated carbocycles. The summed E-state index contributed by atoms with van der Waals surface area (Å²) < 4.78 is 0. The lowest BCUT2D eigenvalue weighted by atomic mass is 9.87. The third-order valence-electron chi connectivity index (χ3n) is 7.10.